The van der Waals surface area contributed by atoms with Crippen molar-refractivity contribution in [1.82, 2.24) is 14.8 Å². The number of carbonyl (C=O) groups is 1. The minimum absolute atomic E-state index is 0.0157. The first kappa shape index (κ1) is 24.5. The number of methoxy groups -OCH3 is 1. The van der Waals surface area contributed by atoms with E-state index in [-0.39, 0.29) is 17.3 Å². The van der Waals surface area contributed by atoms with Gasteiger partial charge in [0.1, 0.15) is 5.75 Å². The van der Waals surface area contributed by atoms with Crippen molar-refractivity contribution in [1.29, 1.82) is 0 Å². The molecule has 4 aromatic rings. The van der Waals surface area contributed by atoms with Crippen LogP contribution in [0.15, 0.2) is 71.9 Å². The van der Waals surface area contributed by atoms with Gasteiger partial charge in [-0.25, -0.2) is 4.39 Å². The van der Waals surface area contributed by atoms with Crippen LogP contribution in [-0.2, 0) is 0 Å². The molecule has 1 aromatic heterocycles. The Labute approximate surface area is 208 Å². The molecule has 0 aliphatic carbocycles. The number of hydrogen-bond donors (Lipinski definition) is 0. The Morgan fingerprint density at radius 2 is 1.71 bits per heavy atom. The number of Topliss-reactive ketones (excluding diaryl/α,β-unsaturated/α-hetero) is 1. The first-order valence-corrected chi connectivity index (χ1v) is 12.1. The normalized spacial score (nSPS) is 11.8. The fraction of sp³-hybridized carbons (Fsp3) is 0.222. The Morgan fingerprint density at radius 1 is 1.00 bits per heavy atom. The number of halogens is 1. The van der Waals surface area contributed by atoms with Crippen LogP contribution in [0.1, 0.15) is 40.3 Å². The Bertz CT molecular complexity index is 1340. The zero-order valence-corrected chi connectivity index (χ0v) is 20.8. The summed E-state index contributed by atoms with van der Waals surface area (Å²) in [7, 11) is 1.62. The van der Waals surface area contributed by atoms with Crippen molar-refractivity contribution < 1.29 is 18.7 Å². The Balaban J connectivity index is 1.61. The summed E-state index contributed by atoms with van der Waals surface area (Å²) in [6.07, 6.45) is -0.587. The number of aryl methyl sites for hydroxylation is 2. The van der Waals surface area contributed by atoms with E-state index in [1.807, 2.05) is 60.9 Å². The number of nitrogens with zero attached hydrogens (tertiary/aromatic N) is 3. The maximum Gasteiger partial charge on any atom is 0.196 e. The molecule has 4 rings (SSSR count). The summed E-state index contributed by atoms with van der Waals surface area (Å²) in [6.45, 7) is 5.60. The first-order chi connectivity index (χ1) is 16.9. The molecule has 0 radical (unpaired) electrons. The van der Waals surface area contributed by atoms with Crippen LogP contribution in [0.4, 0.5) is 4.39 Å². The molecule has 180 valence electrons. The standard InChI is InChI=1S/C27H26FN3O3S/c1-17-15-25(33-4)18(2)14-21(17)23(32)16-35-27-30-29-26(31(27)20-10-6-5-7-11-20)19(3)34-24-13-9-8-12-22(24)28/h5-15,19H,16H2,1-4H3. The number of aromatic nitrogens is 3. The smallest absolute Gasteiger partial charge is 0.196 e. The van der Waals surface area contributed by atoms with Gasteiger partial charge in [-0.15, -0.1) is 10.2 Å². The molecule has 0 N–H and O–H groups in total. The Hall–Kier alpha value is -3.65. The molecule has 1 atom stereocenters. The molecule has 8 heteroatoms. The first-order valence-electron chi connectivity index (χ1n) is 11.1. The summed E-state index contributed by atoms with van der Waals surface area (Å²) >= 11 is 1.30. The molecule has 35 heavy (non-hydrogen) atoms. The fourth-order valence-electron chi connectivity index (χ4n) is 3.76. The highest BCUT2D eigenvalue weighted by molar-refractivity contribution is 7.99. The summed E-state index contributed by atoms with van der Waals surface area (Å²) in [4.78, 5) is 13.1. The fourth-order valence-corrected chi connectivity index (χ4v) is 4.60. The van der Waals surface area contributed by atoms with Crippen LogP contribution in [0, 0.1) is 19.7 Å². The van der Waals surface area contributed by atoms with Crippen LogP contribution in [-0.4, -0.2) is 33.4 Å². The summed E-state index contributed by atoms with van der Waals surface area (Å²) in [6, 6.07) is 19.5. The van der Waals surface area contributed by atoms with E-state index in [4.69, 9.17) is 9.47 Å². The van der Waals surface area contributed by atoms with Crippen molar-refractivity contribution in [2.75, 3.05) is 12.9 Å². The monoisotopic (exact) mass is 491 g/mol. The lowest BCUT2D eigenvalue weighted by Crippen LogP contribution is -2.12. The molecular weight excluding hydrogens is 465 g/mol. The molecule has 0 spiro atoms. The minimum atomic E-state index is -0.587. The van der Waals surface area contributed by atoms with Crippen molar-refractivity contribution in [2.24, 2.45) is 0 Å². The second kappa shape index (κ2) is 10.7. The Kier molecular flexibility index (Phi) is 7.51. The van der Waals surface area contributed by atoms with E-state index in [1.54, 1.807) is 32.2 Å². The number of hydrogen-bond acceptors (Lipinski definition) is 6. The number of rotatable bonds is 9. The zero-order chi connectivity index (χ0) is 24.9. The van der Waals surface area contributed by atoms with E-state index in [1.165, 1.54) is 17.8 Å². The molecular formula is C27H26FN3O3S. The van der Waals surface area contributed by atoms with Crippen molar-refractivity contribution in [3.05, 3.63) is 95.1 Å². The second-order valence-electron chi connectivity index (χ2n) is 8.05. The van der Waals surface area contributed by atoms with Crippen molar-refractivity contribution in [3.63, 3.8) is 0 Å². The summed E-state index contributed by atoms with van der Waals surface area (Å²) in [5.74, 6) is 1.11. The van der Waals surface area contributed by atoms with Gasteiger partial charge in [0, 0.05) is 11.3 Å². The van der Waals surface area contributed by atoms with E-state index in [0.717, 1.165) is 22.6 Å². The van der Waals surface area contributed by atoms with E-state index in [9.17, 15) is 9.18 Å². The molecule has 1 unspecified atom stereocenters. The Morgan fingerprint density at radius 3 is 2.43 bits per heavy atom. The topological polar surface area (TPSA) is 66.2 Å². The molecule has 0 bridgehead atoms. The van der Waals surface area contributed by atoms with Crippen LogP contribution in [0.2, 0.25) is 0 Å². The van der Waals surface area contributed by atoms with Gasteiger partial charge in [0.05, 0.1) is 12.9 Å². The van der Waals surface area contributed by atoms with E-state index >= 15 is 0 Å². The van der Waals surface area contributed by atoms with Crippen LogP contribution >= 0.6 is 11.8 Å². The van der Waals surface area contributed by atoms with Crippen molar-refractivity contribution in [3.8, 4) is 17.2 Å². The van der Waals surface area contributed by atoms with Crippen LogP contribution < -0.4 is 9.47 Å². The van der Waals surface area contributed by atoms with Crippen LogP contribution in [0.25, 0.3) is 5.69 Å². The third-order valence-corrected chi connectivity index (χ3v) is 6.48. The number of benzene rings is 3. The van der Waals surface area contributed by atoms with Crippen molar-refractivity contribution >= 4 is 17.5 Å². The lowest BCUT2D eigenvalue weighted by molar-refractivity contribution is 0.102. The number of ether oxygens (including phenoxy) is 2. The third-order valence-electron chi connectivity index (χ3n) is 5.55. The molecule has 1 heterocycles. The number of para-hydroxylation sites is 2. The van der Waals surface area contributed by atoms with E-state index in [0.29, 0.717) is 16.5 Å². The van der Waals surface area contributed by atoms with Gasteiger partial charge in [0.25, 0.3) is 0 Å². The number of ketones is 1. The maximum atomic E-state index is 14.2. The number of thioether (sulfide) groups is 1. The summed E-state index contributed by atoms with van der Waals surface area (Å²) < 4.78 is 27.2. The lowest BCUT2D eigenvalue weighted by atomic mass is 10.0. The second-order valence-corrected chi connectivity index (χ2v) is 8.99. The molecule has 3 aromatic carbocycles. The molecule has 0 amide bonds. The third kappa shape index (κ3) is 5.38. The summed E-state index contributed by atoms with van der Waals surface area (Å²) in [5.41, 5.74) is 3.23. The van der Waals surface area contributed by atoms with Gasteiger partial charge in [-0.2, -0.15) is 0 Å². The highest BCUT2D eigenvalue weighted by Gasteiger charge is 2.23. The van der Waals surface area contributed by atoms with Gasteiger partial charge >= 0.3 is 0 Å². The van der Waals surface area contributed by atoms with Gasteiger partial charge in [0.2, 0.25) is 0 Å². The van der Waals surface area contributed by atoms with E-state index in [2.05, 4.69) is 10.2 Å². The largest absolute Gasteiger partial charge is 0.496 e. The number of carbonyl (C=O) groups excluding carboxylic acids is 1. The quantitative estimate of drug-likeness (QED) is 0.207. The highest BCUT2D eigenvalue weighted by atomic mass is 32.2. The maximum absolute atomic E-state index is 14.2. The highest BCUT2D eigenvalue weighted by Crippen LogP contribution is 2.30. The molecule has 6 nitrogen and oxygen atoms in total. The molecule has 0 aliphatic rings. The van der Waals surface area contributed by atoms with Gasteiger partial charge in [-0.3, -0.25) is 9.36 Å². The molecule has 0 aliphatic heterocycles. The minimum Gasteiger partial charge on any atom is -0.496 e. The zero-order valence-electron chi connectivity index (χ0n) is 20.0. The van der Waals surface area contributed by atoms with Gasteiger partial charge < -0.3 is 9.47 Å². The SMILES string of the molecule is COc1cc(C)c(C(=O)CSc2nnc(C(C)Oc3ccccc3F)n2-c2ccccc2)cc1C. The lowest BCUT2D eigenvalue weighted by Gasteiger charge is -2.17. The molecule has 0 fully saturated rings. The van der Waals surface area contributed by atoms with E-state index < -0.39 is 11.9 Å². The van der Waals surface area contributed by atoms with Gasteiger partial charge in [-0.1, -0.05) is 42.1 Å². The molecule has 0 saturated carbocycles. The average molecular weight is 492 g/mol. The predicted octanol–water partition coefficient (Wildman–Crippen LogP) is 6.15. The predicted molar refractivity (Wildman–Crippen MR) is 134 cm³/mol. The van der Waals surface area contributed by atoms with Crippen LogP contribution in [0.5, 0.6) is 11.5 Å². The molecule has 0 saturated heterocycles. The van der Waals surface area contributed by atoms with Crippen LogP contribution in [0.3, 0.4) is 0 Å². The average Bonchev–Trinajstić information content (AvgIpc) is 3.29. The van der Waals surface area contributed by atoms with Gasteiger partial charge in [0.15, 0.2) is 34.4 Å². The van der Waals surface area contributed by atoms with Gasteiger partial charge in [-0.05, 0) is 68.3 Å². The summed E-state index contributed by atoms with van der Waals surface area (Å²) in [5, 5.41) is 9.23. The van der Waals surface area contributed by atoms with Crippen molar-refractivity contribution in [2.45, 2.75) is 32.0 Å².